The highest BCUT2D eigenvalue weighted by atomic mass is 79.9. The highest BCUT2D eigenvalue weighted by Crippen LogP contribution is 2.28. The molecule has 0 bridgehead atoms. The van der Waals surface area contributed by atoms with Crippen LogP contribution in [0.2, 0.25) is 0 Å². The summed E-state index contributed by atoms with van der Waals surface area (Å²) in [5.74, 6) is -1.18. The monoisotopic (exact) mass is 334 g/mol. The number of hydrogen-bond donors (Lipinski definition) is 2. The molecule has 18 heavy (non-hydrogen) atoms. The van der Waals surface area contributed by atoms with Gasteiger partial charge in [-0.15, -0.1) is 0 Å². The van der Waals surface area contributed by atoms with E-state index in [1.807, 2.05) is 0 Å². The van der Waals surface area contributed by atoms with Crippen LogP contribution in [0.5, 0.6) is 0 Å². The van der Waals surface area contributed by atoms with E-state index in [1.165, 1.54) is 0 Å². The van der Waals surface area contributed by atoms with Crippen molar-refractivity contribution in [2.45, 2.75) is 13.0 Å². The number of aliphatic carboxylic acids is 1. The van der Waals surface area contributed by atoms with Gasteiger partial charge in [0.25, 0.3) is 0 Å². The van der Waals surface area contributed by atoms with E-state index in [0.29, 0.717) is 5.69 Å². The van der Waals surface area contributed by atoms with Crippen LogP contribution in [-0.4, -0.2) is 32.1 Å². The van der Waals surface area contributed by atoms with Crippen LogP contribution in [0.3, 0.4) is 0 Å². The van der Waals surface area contributed by atoms with Crippen LogP contribution in [0.15, 0.2) is 22.7 Å². The Labute approximate surface area is 113 Å². The highest BCUT2D eigenvalue weighted by Gasteiger charge is 2.41. The second-order valence-corrected chi connectivity index (χ2v) is 6.42. The molecule has 1 fully saturated rings. The normalized spacial score (nSPS) is 22.1. The number of carboxylic acid groups (broad SMARTS) is 1. The number of rotatable bonds is 2. The minimum Gasteiger partial charge on any atom is -0.480 e. The lowest BCUT2D eigenvalue weighted by atomic mass is 10.2. The van der Waals surface area contributed by atoms with Crippen LogP contribution in [0.25, 0.3) is 0 Å². The molecule has 98 valence electrons. The van der Waals surface area contributed by atoms with E-state index in [1.54, 1.807) is 25.1 Å². The molecule has 0 spiro atoms. The predicted octanol–water partition coefficient (Wildman–Crippen LogP) is 0.865. The molecular weight excluding hydrogens is 324 g/mol. The van der Waals surface area contributed by atoms with Crippen molar-refractivity contribution >= 4 is 37.8 Å². The van der Waals surface area contributed by atoms with E-state index >= 15 is 0 Å². The average Bonchev–Trinajstić information content (AvgIpc) is 2.58. The molecular formula is C10H11BrN2O4S. The van der Waals surface area contributed by atoms with Gasteiger partial charge in [0.05, 0.1) is 5.69 Å². The summed E-state index contributed by atoms with van der Waals surface area (Å²) in [5, 5.41) is 9.05. The zero-order chi connectivity index (χ0) is 13.5. The Balaban J connectivity index is 2.51. The minimum atomic E-state index is -3.78. The van der Waals surface area contributed by atoms with E-state index in [-0.39, 0.29) is 6.54 Å². The molecule has 0 saturated carbocycles. The summed E-state index contributed by atoms with van der Waals surface area (Å²) < 4.78 is 27.6. The molecule has 1 atom stereocenters. The molecule has 0 aliphatic carbocycles. The number of nitrogens with zero attached hydrogens (tertiary/aromatic N) is 1. The van der Waals surface area contributed by atoms with Crippen molar-refractivity contribution in [1.29, 1.82) is 0 Å². The predicted molar refractivity (Wildman–Crippen MR) is 69.7 cm³/mol. The Kier molecular flexibility index (Phi) is 3.35. The maximum absolute atomic E-state index is 11.8. The van der Waals surface area contributed by atoms with Crippen LogP contribution < -0.4 is 9.03 Å². The molecule has 1 saturated heterocycles. The number of anilines is 1. The Hall–Kier alpha value is -1.12. The Morgan fingerprint density at radius 1 is 1.56 bits per heavy atom. The lowest BCUT2D eigenvalue weighted by molar-refractivity contribution is -0.137. The first kappa shape index (κ1) is 13.3. The lowest BCUT2D eigenvalue weighted by Gasteiger charge is -2.21. The van der Waals surface area contributed by atoms with Crippen LogP contribution in [-0.2, 0) is 15.0 Å². The van der Waals surface area contributed by atoms with Gasteiger partial charge < -0.3 is 5.11 Å². The maximum atomic E-state index is 11.8. The molecule has 6 nitrogen and oxygen atoms in total. The number of halogens is 1. The molecule has 1 aliphatic rings. The standard InChI is InChI=1S/C10H11BrN2O4S/c1-6-4-7(2-3-8(6)11)13-9(10(14)15)5-12-18(13,16)17/h2-4,9,12H,5H2,1H3,(H,14,15). The molecule has 2 N–H and O–H groups in total. The molecule has 2 rings (SSSR count). The molecule has 1 heterocycles. The van der Waals surface area contributed by atoms with E-state index < -0.39 is 22.2 Å². The number of carbonyl (C=O) groups is 1. The first-order chi connectivity index (χ1) is 8.33. The number of nitrogens with one attached hydrogen (secondary N) is 1. The molecule has 0 amide bonds. The van der Waals surface area contributed by atoms with Crippen molar-refractivity contribution in [3.63, 3.8) is 0 Å². The zero-order valence-electron chi connectivity index (χ0n) is 9.42. The second-order valence-electron chi connectivity index (χ2n) is 3.94. The third-order valence-electron chi connectivity index (χ3n) is 2.68. The molecule has 1 aromatic carbocycles. The second kappa shape index (κ2) is 4.52. The van der Waals surface area contributed by atoms with Gasteiger partial charge in [0.1, 0.15) is 0 Å². The van der Waals surface area contributed by atoms with E-state index in [4.69, 9.17) is 5.11 Å². The number of benzene rings is 1. The van der Waals surface area contributed by atoms with Gasteiger partial charge in [-0.05, 0) is 30.7 Å². The van der Waals surface area contributed by atoms with Gasteiger partial charge >= 0.3 is 16.2 Å². The number of hydrogen-bond acceptors (Lipinski definition) is 3. The van der Waals surface area contributed by atoms with Crippen molar-refractivity contribution in [3.05, 3.63) is 28.2 Å². The molecule has 1 aliphatic heterocycles. The van der Waals surface area contributed by atoms with E-state index in [0.717, 1.165) is 14.3 Å². The van der Waals surface area contributed by atoms with E-state index in [9.17, 15) is 13.2 Å². The fourth-order valence-corrected chi connectivity index (χ4v) is 3.42. The summed E-state index contributed by atoms with van der Waals surface area (Å²) in [4.78, 5) is 11.1. The molecule has 1 unspecified atom stereocenters. The fraction of sp³-hybridized carbons (Fsp3) is 0.300. The van der Waals surface area contributed by atoms with E-state index in [2.05, 4.69) is 20.7 Å². The van der Waals surface area contributed by atoms with Crippen molar-refractivity contribution < 1.29 is 18.3 Å². The van der Waals surface area contributed by atoms with Crippen molar-refractivity contribution in [1.82, 2.24) is 4.72 Å². The van der Waals surface area contributed by atoms with Gasteiger partial charge in [0, 0.05) is 11.0 Å². The fourth-order valence-electron chi connectivity index (χ4n) is 1.78. The van der Waals surface area contributed by atoms with Crippen LogP contribution in [0.4, 0.5) is 5.69 Å². The molecule has 1 aromatic rings. The van der Waals surface area contributed by atoms with Crippen molar-refractivity contribution in [2.24, 2.45) is 0 Å². The summed E-state index contributed by atoms with van der Waals surface area (Å²) in [5.41, 5.74) is 1.17. The Morgan fingerprint density at radius 2 is 2.22 bits per heavy atom. The lowest BCUT2D eigenvalue weighted by Crippen LogP contribution is -2.40. The first-order valence-corrected chi connectivity index (χ1v) is 7.34. The molecule has 0 radical (unpaired) electrons. The van der Waals surface area contributed by atoms with Crippen LogP contribution in [0, 0.1) is 6.92 Å². The quantitative estimate of drug-likeness (QED) is 0.839. The summed E-state index contributed by atoms with van der Waals surface area (Å²) in [6, 6.07) is 3.77. The largest absolute Gasteiger partial charge is 0.480 e. The topological polar surface area (TPSA) is 86.7 Å². The van der Waals surface area contributed by atoms with Crippen LogP contribution >= 0.6 is 15.9 Å². The number of aryl methyl sites for hydroxylation is 1. The summed E-state index contributed by atoms with van der Waals surface area (Å²) in [7, 11) is -3.78. The van der Waals surface area contributed by atoms with Gasteiger partial charge in [-0.2, -0.15) is 13.1 Å². The first-order valence-electron chi connectivity index (χ1n) is 5.11. The summed E-state index contributed by atoms with van der Waals surface area (Å²) >= 11 is 3.31. The minimum absolute atomic E-state index is 0.132. The van der Waals surface area contributed by atoms with Gasteiger partial charge in [-0.3, -0.25) is 0 Å². The zero-order valence-corrected chi connectivity index (χ0v) is 11.8. The van der Waals surface area contributed by atoms with Gasteiger partial charge in [0.2, 0.25) is 0 Å². The maximum Gasteiger partial charge on any atom is 0.328 e. The third-order valence-corrected chi connectivity index (χ3v) is 5.09. The highest BCUT2D eigenvalue weighted by molar-refractivity contribution is 9.10. The summed E-state index contributed by atoms with van der Waals surface area (Å²) in [6.45, 7) is 1.67. The smallest absolute Gasteiger partial charge is 0.328 e. The summed E-state index contributed by atoms with van der Waals surface area (Å²) in [6.07, 6.45) is 0. The Morgan fingerprint density at radius 3 is 2.78 bits per heavy atom. The van der Waals surface area contributed by atoms with Crippen molar-refractivity contribution in [2.75, 3.05) is 10.8 Å². The SMILES string of the molecule is Cc1cc(N2C(C(=O)O)CNS2(=O)=O)ccc1Br. The van der Waals surface area contributed by atoms with Gasteiger partial charge in [0.15, 0.2) is 6.04 Å². The number of carboxylic acids is 1. The molecule has 8 heteroatoms. The van der Waals surface area contributed by atoms with Gasteiger partial charge in [-0.1, -0.05) is 15.9 Å². The Bertz CT molecular complexity index is 602. The molecule has 0 aromatic heterocycles. The van der Waals surface area contributed by atoms with Crippen LogP contribution in [0.1, 0.15) is 5.56 Å². The van der Waals surface area contributed by atoms with Crippen molar-refractivity contribution in [3.8, 4) is 0 Å². The third kappa shape index (κ3) is 2.23. The van der Waals surface area contributed by atoms with Gasteiger partial charge in [-0.25, -0.2) is 9.10 Å². The average molecular weight is 335 g/mol.